The molecule has 4 nitrogen and oxygen atoms in total. The summed E-state index contributed by atoms with van der Waals surface area (Å²) in [5.74, 6) is 5.06. The van der Waals surface area contributed by atoms with Gasteiger partial charge in [0.2, 0.25) is 0 Å². The van der Waals surface area contributed by atoms with Crippen molar-refractivity contribution in [3.63, 3.8) is 0 Å². The predicted octanol–water partition coefficient (Wildman–Crippen LogP) is 5.30. The zero-order chi connectivity index (χ0) is 25.2. The van der Waals surface area contributed by atoms with Crippen LogP contribution >= 0.6 is 0 Å². The summed E-state index contributed by atoms with van der Waals surface area (Å²) in [6.45, 7) is 14.5. The molecule has 0 spiro atoms. The molecule has 4 unspecified atom stereocenters. The first kappa shape index (κ1) is 25.2. The van der Waals surface area contributed by atoms with Crippen LogP contribution < -0.4 is 0 Å². The molecule has 198 valence electrons. The van der Waals surface area contributed by atoms with Crippen LogP contribution in [-0.4, -0.2) is 44.3 Å². The van der Waals surface area contributed by atoms with E-state index in [9.17, 15) is 15.0 Å². The lowest BCUT2D eigenvalue weighted by Crippen LogP contribution is -2.65. The van der Waals surface area contributed by atoms with Crippen LogP contribution in [0.4, 0.5) is 0 Å². The normalized spacial score (nSPS) is 54.7. The van der Waals surface area contributed by atoms with Gasteiger partial charge in [-0.05, 0) is 119 Å². The number of Topliss-reactive ketones (excluding diaryl/α,β-unsaturated/α-hetero) is 1. The molecule has 0 heterocycles. The quantitative estimate of drug-likeness (QED) is 0.379. The average molecular weight is 506 g/mol. The Morgan fingerprint density at radius 3 is 2.43 bits per heavy atom. The number of hydrogen-bond acceptors (Lipinski definition) is 4. The zero-order valence-corrected chi connectivity index (χ0v) is 23.8. The second-order valence-electron chi connectivity index (χ2n) is 14.8. The van der Waals surface area contributed by atoms with Crippen molar-refractivity contribution in [2.45, 2.75) is 115 Å². The third-order valence-corrected chi connectivity index (χ3v) is 14.9. The number of rotatable bonds is 6. The molecule has 0 amide bonds. The van der Waals surface area contributed by atoms with E-state index in [0.717, 1.165) is 50.9 Å². The Hall–Kier alpha value is -0.100. The molecule has 0 aliphatic heterocycles. The van der Waals surface area contributed by atoms with Crippen molar-refractivity contribution >= 4 is 17.0 Å². The molecule has 0 aromatic carbocycles. The minimum absolute atomic E-state index is 0.0122. The number of hydrogen-bond donors (Lipinski definition) is 2. The minimum atomic E-state index is -0.777. The zero-order valence-electron chi connectivity index (χ0n) is 22.9. The monoisotopic (exact) mass is 505 g/mol. The Morgan fingerprint density at radius 2 is 1.74 bits per heavy atom. The Bertz CT molecular complexity index is 899. The summed E-state index contributed by atoms with van der Waals surface area (Å²) >= 11 is -0.0315. The summed E-state index contributed by atoms with van der Waals surface area (Å²) in [6.07, 6.45) is 8.18. The van der Waals surface area contributed by atoms with E-state index in [1.54, 1.807) is 0 Å². The maximum absolute atomic E-state index is 12.4. The van der Waals surface area contributed by atoms with Gasteiger partial charge in [-0.15, -0.1) is 0 Å². The lowest BCUT2D eigenvalue weighted by molar-refractivity contribution is -0.223. The number of fused-ring (bicyclic) bond motifs is 10. The molecule has 12 atom stereocenters. The summed E-state index contributed by atoms with van der Waals surface area (Å²) < 4.78 is 6.52. The van der Waals surface area contributed by atoms with E-state index in [1.807, 2.05) is 0 Å². The molecule has 6 fully saturated rings. The predicted molar refractivity (Wildman–Crippen MR) is 141 cm³/mol. The molecule has 0 saturated heterocycles. The third kappa shape index (κ3) is 3.26. The fourth-order valence-corrected chi connectivity index (χ4v) is 12.5. The Labute approximate surface area is 215 Å². The van der Waals surface area contributed by atoms with E-state index >= 15 is 0 Å². The van der Waals surface area contributed by atoms with Gasteiger partial charge < -0.3 is 10.2 Å². The molecule has 0 radical (unpaired) electrons. The SMILES string of the molecule is CC[S+](OCCC[C@]1(O)[C@H]2C[C@H]2C2C3C(CC[C@@]21C)[C@@]1(C)CCC(=O)C[C@@]1(O)[C@@H]1C[C@H]31)C(C)(C)C. The van der Waals surface area contributed by atoms with Gasteiger partial charge in [0, 0.05) is 18.3 Å². The molecule has 5 heteroatoms. The maximum Gasteiger partial charge on any atom is 0.152 e. The van der Waals surface area contributed by atoms with Crippen LogP contribution in [0.15, 0.2) is 0 Å². The van der Waals surface area contributed by atoms with E-state index in [-0.39, 0.29) is 32.5 Å². The van der Waals surface area contributed by atoms with Crippen LogP contribution in [0.25, 0.3) is 0 Å². The van der Waals surface area contributed by atoms with Crippen molar-refractivity contribution in [2.75, 3.05) is 12.4 Å². The summed E-state index contributed by atoms with van der Waals surface area (Å²) in [7, 11) is 0. The van der Waals surface area contributed by atoms with Crippen molar-refractivity contribution in [1.82, 2.24) is 0 Å². The first-order chi connectivity index (χ1) is 16.3. The Balaban J connectivity index is 1.21. The largest absolute Gasteiger partial charge is 0.389 e. The van der Waals surface area contributed by atoms with E-state index in [4.69, 9.17) is 4.18 Å². The summed E-state index contributed by atoms with van der Waals surface area (Å²) in [6, 6.07) is 0. The van der Waals surface area contributed by atoms with Crippen molar-refractivity contribution in [2.24, 2.45) is 52.3 Å². The van der Waals surface area contributed by atoms with E-state index in [2.05, 4.69) is 41.5 Å². The molecule has 6 rings (SSSR count). The minimum Gasteiger partial charge on any atom is -0.389 e. The second kappa shape index (κ2) is 7.73. The fourth-order valence-electron chi connectivity index (χ4n) is 10.8. The lowest BCUT2D eigenvalue weighted by atomic mass is 9.42. The molecule has 2 N–H and O–H groups in total. The van der Waals surface area contributed by atoms with Crippen LogP contribution in [0, 0.1) is 52.3 Å². The van der Waals surface area contributed by atoms with Gasteiger partial charge in [-0.1, -0.05) is 13.8 Å². The highest BCUT2D eigenvalue weighted by Crippen LogP contribution is 2.82. The van der Waals surface area contributed by atoms with Crippen molar-refractivity contribution in [3.05, 3.63) is 0 Å². The van der Waals surface area contributed by atoms with Crippen LogP contribution in [0.5, 0.6) is 0 Å². The highest BCUT2D eigenvalue weighted by molar-refractivity contribution is 7.93. The van der Waals surface area contributed by atoms with E-state index in [0.29, 0.717) is 54.3 Å². The van der Waals surface area contributed by atoms with Crippen LogP contribution in [0.2, 0.25) is 0 Å². The van der Waals surface area contributed by atoms with Crippen molar-refractivity contribution < 1.29 is 19.2 Å². The first-order valence-corrected chi connectivity index (χ1v) is 15.9. The van der Waals surface area contributed by atoms with Gasteiger partial charge in [0.1, 0.15) is 18.1 Å². The summed E-state index contributed by atoms with van der Waals surface area (Å²) in [5, 5.41) is 24.3. The van der Waals surface area contributed by atoms with Gasteiger partial charge in [-0.25, -0.2) is 0 Å². The van der Waals surface area contributed by atoms with E-state index in [1.165, 1.54) is 6.42 Å². The number of carbonyl (C=O) groups is 1. The topological polar surface area (TPSA) is 66.8 Å². The highest BCUT2D eigenvalue weighted by Gasteiger charge is 2.81. The molecular weight excluding hydrogens is 456 g/mol. The van der Waals surface area contributed by atoms with Crippen molar-refractivity contribution in [1.29, 1.82) is 0 Å². The van der Waals surface area contributed by atoms with Gasteiger partial charge in [0.25, 0.3) is 0 Å². The third-order valence-electron chi connectivity index (χ3n) is 12.5. The molecule has 35 heavy (non-hydrogen) atoms. The molecule has 6 aliphatic rings. The average Bonchev–Trinajstić information content (AvgIpc) is 3.67. The van der Waals surface area contributed by atoms with Crippen molar-refractivity contribution in [3.8, 4) is 0 Å². The van der Waals surface area contributed by atoms with Crippen LogP contribution in [-0.2, 0) is 20.2 Å². The summed E-state index contributed by atoms with van der Waals surface area (Å²) in [4.78, 5) is 12.4. The summed E-state index contributed by atoms with van der Waals surface area (Å²) in [5.41, 5.74) is -1.49. The fraction of sp³-hybridized carbons (Fsp3) is 0.967. The van der Waals surface area contributed by atoms with Gasteiger partial charge in [0.15, 0.2) is 15.9 Å². The Kier molecular flexibility index (Phi) is 5.56. The molecular formula is C30H49O4S+. The van der Waals surface area contributed by atoms with Gasteiger partial charge in [0.05, 0.1) is 11.2 Å². The molecule has 6 aliphatic carbocycles. The van der Waals surface area contributed by atoms with Gasteiger partial charge in [-0.2, -0.15) is 4.18 Å². The van der Waals surface area contributed by atoms with Gasteiger partial charge in [-0.3, -0.25) is 4.79 Å². The molecule has 0 bridgehead atoms. The first-order valence-electron chi connectivity index (χ1n) is 14.6. The smallest absolute Gasteiger partial charge is 0.152 e. The standard InChI is InChI=1S/C30H49O4S/c1-7-35(26(2,3)4)34-14-8-11-29(32)23-16-20(23)25-24-19-15-22(19)30(33)17-18(31)9-12-27(30,5)21(24)10-13-28(25,29)6/h19-25,32-33H,7-17H2,1-6H3/q+1/t19-,20+,21?,22+,23-,24?,25?,27+,28-,29-,30+,35?/m0/s1. The van der Waals surface area contributed by atoms with Crippen LogP contribution in [0.3, 0.4) is 0 Å². The second-order valence-corrected chi connectivity index (χ2v) is 17.6. The van der Waals surface area contributed by atoms with Gasteiger partial charge >= 0.3 is 0 Å². The molecule has 6 saturated carbocycles. The highest BCUT2D eigenvalue weighted by atomic mass is 32.2. The maximum atomic E-state index is 12.4. The Morgan fingerprint density at radius 1 is 1.03 bits per heavy atom. The molecule has 0 aromatic rings. The number of ketones is 1. The van der Waals surface area contributed by atoms with Crippen LogP contribution in [0.1, 0.15) is 99.3 Å². The molecule has 0 aromatic heterocycles. The number of aliphatic hydroxyl groups is 2. The lowest BCUT2D eigenvalue weighted by Gasteiger charge is -2.64. The van der Waals surface area contributed by atoms with E-state index < -0.39 is 11.2 Å². The number of carbonyl (C=O) groups excluding carboxylic acids is 1.